The van der Waals surface area contributed by atoms with Crippen LogP contribution in [0, 0.1) is 46.3 Å². The molecule has 1 heterocycles. The maximum absolute atomic E-state index is 13.2. The lowest BCUT2D eigenvalue weighted by Crippen LogP contribution is -2.53. The van der Waals surface area contributed by atoms with Crippen molar-refractivity contribution in [1.82, 2.24) is 4.90 Å². The Bertz CT molecular complexity index is 938. The first-order valence-corrected chi connectivity index (χ1v) is 16.0. The standard InChI is InChI=1S/C34H52N2O/c1-25(12-17-32(37)36-23-21-35(22-24-36)27-10-5-4-6-11-27)29-15-16-30-28-14-13-26-9-7-8-19-33(26,2)31(28)18-20-34(29,30)3/h4-6,10-11,25-26,28-31H,7-9,12-24H2,1-3H3/t25-,26+,28+,29-,30+,31+,33+,34-/m1/s1. The first kappa shape index (κ1) is 25.8. The number of piperazine rings is 1. The van der Waals surface area contributed by atoms with Crippen LogP contribution >= 0.6 is 0 Å². The summed E-state index contributed by atoms with van der Waals surface area (Å²) in [6.45, 7) is 11.5. The Kier molecular flexibility index (Phi) is 7.12. The molecule has 0 bridgehead atoms. The van der Waals surface area contributed by atoms with E-state index in [0.29, 0.717) is 22.7 Å². The number of amides is 1. The lowest BCUT2D eigenvalue weighted by atomic mass is 9.44. The molecule has 0 radical (unpaired) electrons. The summed E-state index contributed by atoms with van der Waals surface area (Å²) < 4.78 is 0. The van der Waals surface area contributed by atoms with Crippen molar-refractivity contribution < 1.29 is 4.79 Å². The molecule has 1 aromatic rings. The highest BCUT2D eigenvalue weighted by atomic mass is 16.2. The molecule has 0 spiro atoms. The quantitative estimate of drug-likeness (QED) is 0.408. The second-order valence-electron chi connectivity index (χ2n) is 14.4. The molecule has 1 aromatic carbocycles. The Morgan fingerprint density at radius 1 is 0.865 bits per heavy atom. The second-order valence-corrected chi connectivity index (χ2v) is 14.4. The van der Waals surface area contributed by atoms with Crippen molar-refractivity contribution in [2.24, 2.45) is 46.3 Å². The lowest BCUT2D eigenvalue weighted by Gasteiger charge is -2.61. The van der Waals surface area contributed by atoms with Gasteiger partial charge in [0.15, 0.2) is 0 Å². The van der Waals surface area contributed by atoms with E-state index in [1.165, 1.54) is 69.9 Å². The zero-order chi connectivity index (χ0) is 25.6. The number of benzene rings is 1. The molecule has 0 unspecified atom stereocenters. The third kappa shape index (κ3) is 4.55. The summed E-state index contributed by atoms with van der Waals surface area (Å²) in [6, 6.07) is 10.7. The van der Waals surface area contributed by atoms with Crippen molar-refractivity contribution in [3.05, 3.63) is 30.3 Å². The first-order chi connectivity index (χ1) is 17.9. The van der Waals surface area contributed by atoms with E-state index >= 15 is 0 Å². The Morgan fingerprint density at radius 2 is 1.62 bits per heavy atom. The van der Waals surface area contributed by atoms with Crippen LogP contribution < -0.4 is 4.90 Å². The fourth-order valence-corrected chi connectivity index (χ4v) is 10.8. The van der Waals surface area contributed by atoms with Crippen LogP contribution in [0.3, 0.4) is 0 Å². The van der Waals surface area contributed by atoms with Gasteiger partial charge >= 0.3 is 0 Å². The molecule has 8 atom stereocenters. The smallest absolute Gasteiger partial charge is 0.222 e. The van der Waals surface area contributed by atoms with Crippen LogP contribution in [0.1, 0.15) is 97.8 Å². The maximum Gasteiger partial charge on any atom is 0.222 e. The molecule has 3 nitrogen and oxygen atoms in total. The van der Waals surface area contributed by atoms with Gasteiger partial charge in [-0.15, -0.1) is 0 Å². The van der Waals surface area contributed by atoms with Gasteiger partial charge in [-0.05, 0) is 116 Å². The number of hydrogen-bond donors (Lipinski definition) is 0. The van der Waals surface area contributed by atoms with Gasteiger partial charge in [0, 0.05) is 38.3 Å². The maximum atomic E-state index is 13.2. The average Bonchev–Trinajstić information content (AvgIpc) is 3.29. The van der Waals surface area contributed by atoms with Gasteiger partial charge < -0.3 is 9.80 Å². The van der Waals surface area contributed by atoms with Gasteiger partial charge in [-0.3, -0.25) is 4.79 Å². The molecule has 5 aliphatic rings. The third-order valence-corrected chi connectivity index (χ3v) is 12.9. The van der Waals surface area contributed by atoms with E-state index in [1.54, 1.807) is 0 Å². The van der Waals surface area contributed by atoms with Crippen molar-refractivity contribution in [3.8, 4) is 0 Å². The van der Waals surface area contributed by atoms with Crippen molar-refractivity contribution in [3.63, 3.8) is 0 Å². The zero-order valence-electron chi connectivity index (χ0n) is 24.0. The van der Waals surface area contributed by atoms with E-state index in [-0.39, 0.29) is 0 Å². The predicted molar refractivity (Wildman–Crippen MR) is 153 cm³/mol. The van der Waals surface area contributed by atoms with Gasteiger partial charge in [-0.1, -0.05) is 51.8 Å². The molecule has 1 aliphatic heterocycles. The lowest BCUT2D eigenvalue weighted by molar-refractivity contribution is -0.132. The van der Waals surface area contributed by atoms with Crippen LogP contribution in [-0.2, 0) is 4.79 Å². The van der Waals surface area contributed by atoms with Crippen molar-refractivity contribution in [2.75, 3.05) is 31.1 Å². The highest BCUT2D eigenvalue weighted by Gasteiger charge is 2.60. The minimum Gasteiger partial charge on any atom is -0.368 e. The molecule has 6 rings (SSSR count). The van der Waals surface area contributed by atoms with Crippen LogP contribution in [0.2, 0.25) is 0 Å². The fraction of sp³-hybridized carbons (Fsp3) is 0.794. The van der Waals surface area contributed by atoms with Crippen LogP contribution in [-0.4, -0.2) is 37.0 Å². The van der Waals surface area contributed by atoms with Gasteiger partial charge in [0.05, 0.1) is 0 Å². The van der Waals surface area contributed by atoms with Crippen molar-refractivity contribution in [2.45, 2.75) is 97.8 Å². The Labute approximate surface area is 226 Å². The number of rotatable bonds is 5. The zero-order valence-corrected chi connectivity index (χ0v) is 24.0. The number of carbonyl (C=O) groups is 1. The van der Waals surface area contributed by atoms with E-state index in [0.717, 1.165) is 68.6 Å². The van der Waals surface area contributed by atoms with Crippen molar-refractivity contribution >= 4 is 11.6 Å². The van der Waals surface area contributed by atoms with Crippen LogP contribution in [0.25, 0.3) is 0 Å². The van der Waals surface area contributed by atoms with Crippen LogP contribution in [0.15, 0.2) is 30.3 Å². The van der Waals surface area contributed by atoms with Gasteiger partial charge in [-0.2, -0.15) is 0 Å². The number of para-hydroxylation sites is 1. The average molecular weight is 505 g/mol. The van der Waals surface area contributed by atoms with Gasteiger partial charge in [-0.25, -0.2) is 0 Å². The fourth-order valence-electron chi connectivity index (χ4n) is 10.8. The van der Waals surface area contributed by atoms with Crippen LogP contribution in [0.5, 0.6) is 0 Å². The highest BCUT2D eigenvalue weighted by Crippen LogP contribution is 2.68. The number of nitrogens with zero attached hydrogens (tertiary/aromatic N) is 2. The molecule has 3 heteroatoms. The minimum absolute atomic E-state index is 0.395. The number of fused-ring (bicyclic) bond motifs is 5. The summed E-state index contributed by atoms with van der Waals surface area (Å²) in [5.74, 6) is 5.82. The van der Waals surface area contributed by atoms with Crippen molar-refractivity contribution in [1.29, 1.82) is 0 Å². The largest absolute Gasteiger partial charge is 0.368 e. The first-order valence-electron chi connectivity index (χ1n) is 16.0. The molecular formula is C34H52N2O. The SMILES string of the molecule is C[C@H](CCC(=O)N1CCN(c2ccccc2)CC1)[C@H]1CC[C@H]2[C@@H]3CC[C@@H]4CCCC[C@]4(C)[C@H]3CC[C@]12C. The topological polar surface area (TPSA) is 23.6 Å². The summed E-state index contributed by atoms with van der Waals surface area (Å²) in [7, 11) is 0. The molecule has 0 aromatic heterocycles. The normalized spacial score (nSPS) is 40.5. The monoisotopic (exact) mass is 504 g/mol. The molecule has 4 saturated carbocycles. The Hall–Kier alpha value is -1.51. The Balaban J connectivity index is 1.03. The number of hydrogen-bond acceptors (Lipinski definition) is 2. The molecule has 204 valence electrons. The highest BCUT2D eigenvalue weighted by molar-refractivity contribution is 5.76. The van der Waals surface area contributed by atoms with E-state index in [4.69, 9.17) is 0 Å². The van der Waals surface area contributed by atoms with Gasteiger partial charge in [0.25, 0.3) is 0 Å². The van der Waals surface area contributed by atoms with Gasteiger partial charge in [0.1, 0.15) is 0 Å². The van der Waals surface area contributed by atoms with E-state index in [2.05, 4.69) is 60.9 Å². The van der Waals surface area contributed by atoms with Gasteiger partial charge in [0.2, 0.25) is 5.91 Å². The predicted octanol–water partition coefficient (Wildman–Crippen LogP) is 7.80. The number of carbonyl (C=O) groups excluding carboxylic acids is 1. The number of anilines is 1. The van der Waals surface area contributed by atoms with Crippen LogP contribution in [0.4, 0.5) is 5.69 Å². The van der Waals surface area contributed by atoms with E-state index in [1.807, 2.05) is 0 Å². The summed E-state index contributed by atoms with van der Waals surface area (Å²) in [6.07, 6.45) is 16.6. The molecular weight excluding hydrogens is 452 g/mol. The summed E-state index contributed by atoms with van der Waals surface area (Å²) in [5, 5.41) is 0. The van der Waals surface area contributed by atoms with E-state index < -0.39 is 0 Å². The second kappa shape index (κ2) is 10.2. The summed E-state index contributed by atoms with van der Waals surface area (Å²) in [4.78, 5) is 17.7. The molecule has 37 heavy (non-hydrogen) atoms. The third-order valence-electron chi connectivity index (χ3n) is 12.9. The Morgan fingerprint density at radius 3 is 2.41 bits per heavy atom. The summed E-state index contributed by atoms with van der Waals surface area (Å²) >= 11 is 0. The minimum atomic E-state index is 0.395. The molecule has 0 N–H and O–H groups in total. The molecule has 1 saturated heterocycles. The van der Waals surface area contributed by atoms with E-state index in [9.17, 15) is 4.79 Å². The summed E-state index contributed by atoms with van der Waals surface area (Å²) in [5.41, 5.74) is 2.44. The molecule has 5 fully saturated rings. The molecule has 1 amide bonds. The molecule has 4 aliphatic carbocycles.